The molecule has 0 aromatic heterocycles. The van der Waals surface area contributed by atoms with E-state index in [0.29, 0.717) is 12.3 Å². The smallest absolute Gasteiger partial charge is 0.247 e. The number of carbonyl (C=O) groups is 1. The lowest BCUT2D eigenvalue weighted by atomic mass is 10.2. The summed E-state index contributed by atoms with van der Waals surface area (Å²) in [6, 6.07) is 0. The van der Waals surface area contributed by atoms with Crippen molar-refractivity contribution in [3.05, 3.63) is 0 Å². The minimum Gasteiger partial charge on any atom is -0.387 e. The lowest BCUT2D eigenvalue weighted by molar-refractivity contribution is -0.118. The summed E-state index contributed by atoms with van der Waals surface area (Å²) in [5, 5.41) is 0. The van der Waals surface area contributed by atoms with E-state index in [9.17, 15) is 4.79 Å². The van der Waals surface area contributed by atoms with Crippen LogP contribution in [0.4, 0.5) is 0 Å². The largest absolute Gasteiger partial charge is 0.387 e. The van der Waals surface area contributed by atoms with Gasteiger partial charge >= 0.3 is 0 Å². The molecule has 0 aliphatic carbocycles. The molecule has 3 nitrogen and oxygen atoms in total. The van der Waals surface area contributed by atoms with Gasteiger partial charge in [-0.05, 0) is 6.42 Å². The van der Waals surface area contributed by atoms with E-state index in [4.69, 9.17) is 5.73 Å². The van der Waals surface area contributed by atoms with Crippen molar-refractivity contribution >= 4 is 11.7 Å². The fraction of sp³-hybridized carbons (Fsp3) is 0.600. The molecule has 2 N–H and O–H groups in total. The minimum absolute atomic E-state index is 0.0752. The van der Waals surface area contributed by atoms with E-state index in [0.717, 1.165) is 12.8 Å². The molecule has 0 unspecified atom stereocenters. The molecule has 1 aliphatic heterocycles. The van der Waals surface area contributed by atoms with E-state index in [1.54, 1.807) is 0 Å². The number of aliphatic imine (C=N–C) groups is 1. The Hall–Kier alpha value is -0.860. The van der Waals surface area contributed by atoms with Crippen LogP contribution in [0.15, 0.2) is 4.99 Å². The molecule has 0 bridgehead atoms. The molecule has 1 rings (SSSR count). The molecule has 3 heteroatoms. The molecule has 0 radical (unpaired) electrons. The summed E-state index contributed by atoms with van der Waals surface area (Å²) < 4.78 is 0. The van der Waals surface area contributed by atoms with Crippen molar-refractivity contribution in [2.75, 3.05) is 0 Å². The minimum atomic E-state index is -0.0752. The van der Waals surface area contributed by atoms with Crippen LogP contribution in [0, 0.1) is 0 Å². The predicted octanol–water partition coefficient (Wildman–Crippen LogP) is 0.0541. The molecule has 0 fully saturated rings. The van der Waals surface area contributed by atoms with Crippen LogP contribution in [0.25, 0.3) is 0 Å². The normalized spacial score (nSPS) is 20.5. The van der Waals surface area contributed by atoms with E-state index >= 15 is 0 Å². The highest BCUT2D eigenvalue weighted by atomic mass is 16.1. The van der Waals surface area contributed by atoms with Crippen molar-refractivity contribution in [1.82, 2.24) is 0 Å². The molecule has 0 saturated carbocycles. The van der Waals surface area contributed by atoms with Crippen LogP contribution in [-0.2, 0) is 4.79 Å². The SMILES string of the molecule is NC1=NC(=O)CCC1. The average Bonchev–Trinajstić information content (AvgIpc) is 1.64. The zero-order chi connectivity index (χ0) is 5.98. The quantitative estimate of drug-likeness (QED) is 0.481. The summed E-state index contributed by atoms with van der Waals surface area (Å²) in [7, 11) is 0. The number of hydrogen-bond acceptors (Lipinski definition) is 2. The predicted molar refractivity (Wildman–Crippen MR) is 30.5 cm³/mol. The highest BCUT2D eigenvalue weighted by molar-refractivity contribution is 5.95. The van der Waals surface area contributed by atoms with Gasteiger partial charge in [0.25, 0.3) is 0 Å². The maximum absolute atomic E-state index is 10.4. The van der Waals surface area contributed by atoms with Gasteiger partial charge in [0.05, 0.1) is 0 Å². The van der Waals surface area contributed by atoms with Gasteiger partial charge < -0.3 is 5.73 Å². The second-order valence-corrected chi connectivity index (χ2v) is 1.85. The van der Waals surface area contributed by atoms with Crippen molar-refractivity contribution < 1.29 is 4.79 Å². The molecule has 0 spiro atoms. The molecule has 1 amide bonds. The third-order valence-corrected chi connectivity index (χ3v) is 1.09. The molecule has 0 atom stereocenters. The van der Waals surface area contributed by atoms with Crippen molar-refractivity contribution in [3.63, 3.8) is 0 Å². The Labute approximate surface area is 47.6 Å². The molecule has 0 aromatic carbocycles. The fourth-order valence-corrected chi connectivity index (χ4v) is 0.693. The highest BCUT2D eigenvalue weighted by Gasteiger charge is 2.06. The fourth-order valence-electron chi connectivity index (χ4n) is 0.693. The number of carbonyl (C=O) groups excluding carboxylic acids is 1. The van der Waals surface area contributed by atoms with Gasteiger partial charge in [-0.3, -0.25) is 4.79 Å². The molecular formula is C5H8N2O. The lowest BCUT2D eigenvalue weighted by Crippen LogP contribution is -2.18. The Morgan fingerprint density at radius 3 is 2.62 bits per heavy atom. The van der Waals surface area contributed by atoms with Gasteiger partial charge in [-0.1, -0.05) is 0 Å². The number of hydrogen-bond donors (Lipinski definition) is 1. The van der Waals surface area contributed by atoms with Crippen molar-refractivity contribution in [1.29, 1.82) is 0 Å². The average molecular weight is 112 g/mol. The van der Waals surface area contributed by atoms with E-state index < -0.39 is 0 Å². The monoisotopic (exact) mass is 112 g/mol. The number of amides is 1. The number of nitrogens with two attached hydrogens (primary N) is 1. The zero-order valence-corrected chi connectivity index (χ0v) is 4.55. The first kappa shape index (κ1) is 5.28. The van der Waals surface area contributed by atoms with Crippen LogP contribution in [0.1, 0.15) is 19.3 Å². The first-order valence-corrected chi connectivity index (χ1v) is 2.65. The first-order chi connectivity index (χ1) is 3.79. The van der Waals surface area contributed by atoms with Crippen LogP contribution in [-0.4, -0.2) is 11.7 Å². The first-order valence-electron chi connectivity index (χ1n) is 2.65. The topological polar surface area (TPSA) is 55.4 Å². The summed E-state index contributed by atoms with van der Waals surface area (Å²) in [5.74, 6) is 0.412. The van der Waals surface area contributed by atoms with Crippen LogP contribution in [0.3, 0.4) is 0 Å². The maximum atomic E-state index is 10.4. The van der Waals surface area contributed by atoms with Gasteiger partial charge in [0.2, 0.25) is 5.91 Å². The standard InChI is InChI=1S/C5H8N2O/c6-4-2-1-3-5(8)7-4/h1-3H2,(H2,6,7,8). The Bertz CT molecular complexity index is 139. The highest BCUT2D eigenvalue weighted by Crippen LogP contribution is 2.03. The Balaban J connectivity index is 2.64. The van der Waals surface area contributed by atoms with E-state index in [1.165, 1.54) is 0 Å². The second kappa shape index (κ2) is 1.94. The van der Waals surface area contributed by atoms with Crippen molar-refractivity contribution in [2.45, 2.75) is 19.3 Å². The second-order valence-electron chi connectivity index (χ2n) is 1.85. The van der Waals surface area contributed by atoms with Crippen LogP contribution < -0.4 is 5.73 Å². The molecule has 1 aliphatic rings. The Kier molecular flexibility index (Phi) is 1.28. The van der Waals surface area contributed by atoms with Gasteiger partial charge in [-0.25, -0.2) is 4.99 Å². The summed E-state index contributed by atoms with van der Waals surface area (Å²) >= 11 is 0. The van der Waals surface area contributed by atoms with Crippen LogP contribution >= 0.6 is 0 Å². The Morgan fingerprint density at radius 1 is 1.50 bits per heavy atom. The molecule has 8 heavy (non-hydrogen) atoms. The van der Waals surface area contributed by atoms with Gasteiger partial charge in [0, 0.05) is 12.8 Å². The van der Waals surface area contributed by atoms with Gasteiger partial charge in [0.1, 0.15) is 5.84 Å². The summed E-state index contributed by atoms with van der Waals surface area (Å²) in [6.07, 6.45) is 2.22. The van der Waals surface area contributed by atoms with Crippen molar-refractivity contribution in [2.24, 2.45) is 10.7 Å². The molecule has 1 heterocycles. The third-order valence-electron chi connectivity index (χ3n) is 1.09. The third kappa shape index (κ3) is 1.05. The van der Waals surface area contributed by atoms with Gasteiger partial charge in [-0.15, -0.1) is 0 Å². The van der Waals surface area contributed by atoms with Crippen LogP contribution in [0.5, 0.6) is 0 Å². The molecule has 44 valence electrons. The maximum Gasteiger partial charge on any atom is 0.247 e. The van der Waals surface area contributed by atoms with Gasteiger partial charge in [-0.2, -0.15) is 0 Å². The van der Waals surface area contributed by atoms with E-state index in [2.05, 4.69) is 4.99 Å². The zero-order valence-electron chi connectivity index (χ0n) is 4.55. The van der Waals surface area contributed by atoms with Crippen molar-refractivity contribution in [3.8, 4) is 0 Å². The summed E-state index contributed by atoms with van der Waals surface area (Å²) in [4.78, 5) is 13.9. The summed E-state index contributed by atoms with van der Waals surface area (Å²) in [5.41, 5.74) is 5.25. The van der Waals surface area contributed by atoms with Gasteiger partial charge in [0.15, 0.2) is 0 Å². The molecule has 0 aromatic rings. The number of amidine groups is 1. The summed E-state index contributed by atoms with van der Waals surface area (Å²) in [6.45, 7) is 0. The molecular weight excluding hydrogens is 104 g/mol. The van der Waals surface area contributed by atoms with Crippen LogP contribution in [0.2, 0.25) is 0 Å². The lowest BCUT2D eigenvalue weighted by Gasteiger charge is -2.03. The Morgan fingerprint density at radius 2 is 2.25 bits per heavy atom. The molecule has 0 saturated heterocycles. The van der Waals surface area contributed by atoms with E-state index in [1.807, 2.05) is 0 Å². The number of nitrogens with zero attached hydrogens (tertiary/aromatic N) is 1. The number of rotatable bonds is 0. The van der Waals surface area contributed by atoms with E-state index in [-0.39, 0.29) is 5.91 Å².